The molecule has 1 aromatic carbocycles. The molecule has 2 amide bonds. The predicted molar refractivity (Wildman–Crippen MR) is 72.9 cm³/mol. The monoisotopic (exact) mass is 275 g/mol. The summed E-state index contributed by atoms with van der Waals surface area (Å²) in [6, 6.07) is 8.59. The lowest BCUT2D eigenvalue weighted by Gasteiger charge is -2.16. The maximum atomic E-state index is 11.7. The lowest BCUT2D eigenvalue weighted by Crippen LogP contribution is -2.28. The Hall–Kier alpha value is -2.55. The van der Waals surface area contributed by atoms with Crippen LogP contribution in [0.1, 0.15) is 23.2 Å². The van der Waals surface area contributed by atoms with Gasteiger partial charge < -0.3 is 15.4 Å². The molecule has 1 aromatic rings. The van der Waals surface area contributed by atoms with Gasteiger partial charge in [-0.25, -0.2) is 0 Å². The van der Waals surface area contributed by atoms with E-state index in [-0.39, 0.29) is 24.5 Å². The Kier molecular flexibility index (Phi) is 6.04. The van der Waals surface area contributed by atoms with E-state index in [1.807, 2.05) is 6.07 Å². The molecule has 0 atom stereocenters. The van der Waals surface area contributed by atoms with Crippen LogP contribution < -0.4 is 10.5 Å². The van der Waals surface area contributed by atoms with Gasteiger partial charge in [-0.05, 0) is 12.1 Å². The van der Waals surface area contributed by atoms with Crippen molar-refractivity contribution >= 4 is 11.8 Å². The van der Waals surface area contributed by atoms with E-state index in [0.29, 0.717) is 18.7 Å². The first-order valence-electron chi connectivity index (χ1n) is 6.18. The standard InChI is InChI=1S/C14H17N3O3/c1-17(9-4-8-15)13(18)7-10-20-12-6-3-2-5-11(12)14(16)19/h2-3,5-6H,4,7,9-10H2,1H3,(H2,16,19). The molecule has 0 aliphatic carbocycles. The highest BCUT2D eigenvalue weighted by atomic mass is 16.5. The average molecular weight is 275 g/mol. The molecule has 0 aliphatic heterocycles. The van der Waals surface area contributed by atoms with E-state index in [1.165, 1.54) is 4.90 Å². The van der Waals surface area contributed by atoms with Crippen LogP contribution in [0.5, 0.6) is 5.75 Å². The minimum atomic E-state index is -0.571. The molecule has 0 bridgehead atoms. The number of carbonyl (C=O) groups is 2. The molecule has 0 saturated carbocycles. The van der Waals surface area contributed by atoms with Crippen LogP contribution >= 0.6 is 0 Å². The summed E-state index contributed by atoms with van der Waals surface area (Å²) in [5, 5.41) is 8.45. The quantitative estimate of drug-likeness (QED) is 0.800. The third kappa shape index (κ3) is 4.61. The summed E-state index contributed by atoms with van der Waals surface area (Å²) in [6.45, 7) is 0.549. The fourth-order valence-electron chi connectivity index (χ4n) is 1.58. The number of nitrogens with zero attached hydrogens (tertiary/aromatic N) is 2. The van der Waals surface area contributed by atoms with Gasteiger partial charge in [0.1, 0.15) is 5.75 Å². The van der Waals surface area contributed by atoms with Crippen LogP contribution in [0.15, 0.2) is 24.3 Å². The normalized spacial score (nSPS) is 9.60. The zero-order valence-electron chi connectivity index (χ0n) is 11.3. The second-order valence-corrected chi connectivity index (χ2v) is 4.18. The number of primary amides is 1. The molecule has 0 radical (unpaired) electrons. The van der Waals surface area contributed by atoms with Gasteiger partial charge in [0.25, 0.3) is 5.91 Å². The number of hydrogen-bond donors (Lipinski definition) is 1. The second kappa shape index (κ2) is 7.79. The molecule has 1 rings (SSSR count). The number of para-hydroxylation sites is 1. The molecule has 20 heavy (non-hydrogen) atoms. The van der Waals surface area contributed by atoms with Crippen molar-refractivity contribution in [1.82, 2.24) is 4.90 Å². The lowest BCUT2D eigenvalue weighted by atomic mass is 10.2. The van der Waals surface area contributed by atoms with E-state index >= 15 is 0 Å². The maximum Gasteiger partial charge on any atom is 0.252 e. The summed E-state index contributed by atoms with van der Waals surface area (Å²) < 4.78 is 5.41. The Morgan fingerprint density at radius 2 is 2.10 bits per heavy atom. The Balaban J connectivity index is 2.47. The van der Waals surface area contributed by atoms with Gasteiger partial charge in [0.15, 0.2) is 0 Å². The average Bonchev–Trinajstić information content (AvgIpc) is 2.44. The van der Waals surface area contributed by atoms with Crippen molar-refractivity contribution in [1.29, 1.82) is 5.26 Å². The molecule has 0 fully saturated rings. The topological polar surface area (TPSA) is 96.4 Å². The van der Waals surface area contributed by atoms with Gasteiger partial charge >= 0.3 is 0 Å². The van der Waals surface area contributed by atoms with Crippen molar-refractivity contribution in [3.05, 3.63) is 29.8 Å². The van der Waals surface area contributed by atoms with Crippen LogP contribution in [0.3, 0.4) is 0 Å². The molecule has 0 spiro atoms. The third-order valence-corrected chi connectivity index (χ3v) is 2.71. The lowest BCUT2D eigenvalue weighted by molar-refractivity contribution is -0.130. The van der Waals surface area contributed by atoms with Crippen LogP contribution in [0.2, 0.25) is 0 Å². The molecular weight excluding hydrogens is 258 g/mol. The number of nitrogens with two attached hydrogens (primary N) is 1. The first-order valence-corrected chi connectivity index (χ1v) is 6.18. The molecule has 6 nitrogen and oxygen atoms in total. The number of carbonyl (C=O) groups excluding carboxylic acids is 2. The highest BCUT2D eigenvalue weighted by Crippen LogP contribution is 2.17. The highest BCUT2D eigenvalue weighted by Gasteiger charge is 2.11. The molecule has 106 valence electrons. The number of ether oxygens (including phenoxy) is 1. The van der Waals surface area contributed by atoms with Gasteiger partial charge in [-0.15, -0.1) is 0 Å². The minimum Gasteiger partial charge on any atom is -0.492 e. The number of benzene rings is 1. The van der Waals surface area contributed by atoms with E-state index in [9.17, 15) is 9.59 Å². The van der Waals surface area contributed by atoms with Gasteiger partial charge in [-0.2, -0.15) is 5.26 Å². The van der Waals surface area contributed by atoms with E-state index < -0.39 is 5.91 Å². The largest absolute Gasteiger partial charge is 0.492 e. The summed E-state index contributed by atoms with van der Waals surface area (Å²) in [6.07, 6.45) is 0.475. The first kappa shape index (κ1) is 15.5. The summed E-state index contributed by atoms with van der Waals surface area (Å²) in [4.78, 5) is 24.4. The molecule has 6 heteroatoms. The van der Waals surface area contributed by atoms with E-state index in [1.54, 1.807) is 31.3 Å². The van der Waals surface area contributed by atoms with Gasteiger partial charge in [0, 0.05) is 13.6 Å². The maximum absolute atomic E-state index is 11.7. The molecule has 0 saturated heterocycles. The summed E-state index contributed by atoms with van der Waals surface area (Å²) in [5.41, 5.74) is 5.51. The van der Waals surface area contributed by atoms with E-state index in [0.717, 1.165) is 0 Å². The van der Waals surface area contributed by atoms with Crippen LogP contribution in [0.4, 0.5) is 0 Å². The first-order chi connectivity index (χ1) is 9.56. The van der Waals surface area contributed by atoms with Crippen molar-refractivity contribution in [3.8, 4) is 11.8 Å². The molecule has 0 aliphatic rings. The fourth-order valence-corrected chi connectivity index (χ4v) is 1.58. The second-order valence-electron chi connectivity index (χ2n) is 4.18. The fraction of sp³-hybridized carbons (Fsp3) is 0.357. The summed E-state index contributed by atoms with van der Waals surface area (Å²) in [5.74, 6) is -0.317. The Labute approximate surface area is 117 Å². The van der Waals surface area contributed by atoms with Gasteiger partial charge in [0.2, 0.25) is 5.91 Å². The van der Waals surface area contributed by atoms with Crippen molar-refractivity contribution in [2.45, 2.75) is 12.8 Å². The van der Waals surface area contributed by atoms with Crippen LogP contribution in [0.25, 0.3) is 0 Å². The third-order valence-electron chi connectivity index (χ3n) is 2.71. The van der Waals surface area contributed by atoms with Gasteiger partial charge in [-0.1, -0.05) is 12.1 Å². The molecule has 2 N–H and O–H groups in total. The van der Waals surface area contributed by atoms with Gasteiger partial charge in [0.05, 0.1) is 31.1 Å². The molecule has 0 aromatic heterocycles. The van der Waals surface area contributed by atoms with Crippen molar-refractivity contribution < 1.29 is 14.3 Å². The highest BCUT2D eigenvalue weighted by molar-refractivity contribution is 5.95. The van der Waals surface area contributed by atoms with E-state index in [4.69, 9.17) is 15.7 Å². The number of amides is 2. The van der Waals surface area contributed by atoms with E-state index in [2.05, 4.69) is 0 Å². The zero-order chi connectivity index (χ0) is 15.0. The van der Waals surface area contributed by atoms with Crippen LogP contribution in [-0.4, -0.2) is 36.9 Å². The van der Waals surface area contributed by atoms with Crippen LogP contribution in [0, 0.1) is 11.3 Å². The summed E-state index contributed by atoms with van der Waals surface area (Å²) in [7, 11) is 1.64. The zero-order valence-corrected chi connectivity index (χ0v) is 11.3. The van der Waals surface area contributed by atoms with Crippen molar-refractivity contribution in [2.24, 2.45) is 5.73 Å². The van der Waals surface area contributed by atoms with Crippen molar-refractivity contribution in [3.63, 3.8) is 0 Å². The smallest absolute Gasteiger partial charge is 0.252 e. The predicted octanol–water partition coefficient (Wildman–Crippen LogP) is 0.926. The Bertz CT molecular complexity index is 523. The van der Waals surface area contributed by atoms with Crippen molar-refractivity contribution in [2.75, 3.05) is 20.2 Å². The number of hydrogen-bond acceptors (Lipinski definition) is 4. The van der Waals surface area contributed by atoms with Gasteiger partial charge in [-0.3, -0.25) is 9.59 Å². The molecule has 0 unspecified atom stereocenters. The number of nitriles is 1. The number of rotatable bonds is 7. The SMILES string of the molecule is CN(CCC#N)C(=O)CCOc1ccccc1C(N)=O. The summed E-state index contributed by atoms with van der Waals surface area (Å²) >= 11 is 0. The molecule has 0 heterocycles. The molecular formula is C14H17N3O3. The minimum absolute atomic E-state index is 0.114. The Morgan fingerprint density at radius 3 is 2.75 bits per heavy atom. The van der Waals surface area contributed by atoms with Crippen LogP contribution in [-0.2, 0) is 4.79 Å². The Morgan fingerprint density at radius 1 is 1.40 bits per heavy atom.